The van der Waals surface area contributed by atoms with E-state index in [9.17, 15) is 10.0 Å². The lowest BCUT2D eigenvalue weighted by molar-refractivity contribution is -0.875. The Morgan fingerprint density at radius 1 is 1.45 bits per heavy atom. The summed E-state index contributed by atoms with van der Waals surface area (Å²) in [4.78, 5) is 9.85. The molecule has 0 saturated heterocycles. The second kappa shape index (κ2) is 5.09. The average molecular weight is 160 g/mol. The Morgan fingerprint density at radius 2 is 2.00 bits per heavy atom. The SMILES string of the molecule is CC[N+]([O-])(CC)CCNC=O. The number of quaternary nitrogens is 1. The molecule has 4 heteroatoms. The average Bonchev–Trinajstić information content (AvgIpc) is 2.05. The predicted molar refractivity (Wildman–Crippen MR) is 43.6 cm³/mol. The minimum absolute atomic E-state index is 0.221. The molecule has 0 aliphatic rings. The number of rotatable bonds is 6. The van der Waals surface area contributed by atoms with E-state index in [2.05, 4.69) is 5.32 Å². The highest BCUT2D eigenvalue weighted by molar-refractivity contribution is 5.45. The maximum Gasteiger partial charge on any atom is 0.207 e. The van der Waals surface area contributed by atoms with Crippen LogP contribution in [0.5, 0.6) is 0 Å². The minimum Gasteiger partial charge on any atom is -0.633 e. The van der Waals surface area contributed by atoms with E-state index in [0.29, 0.717) is 32.6 Å². The van der Waals surface area contributed by atoms with Crippen molar-refractivity contribution in [3.63, 3.8) is 0 Å². The summed E-state index contributed by atoms with van der Waals surface area (Å²) in [6.45, 7) is 5.78. The molecular weight excluding hydrogens is 144 g/mol. The van der Waals surface area contributed by atoms with Gasteiger partial charge in [-0.15, -0.1) is 0 Å². The zero-order valence-corrected chi connectivity index (χ0v) is 7.17. The topological polar surface area (TPSA) is 52.2 Å². The van der Waals surface area contributed by atoms with E-state index >= 15 is 0 Å². The monoisotopic (exact) mass is 160 g/mol. The third kappa shape index (κ3) is 3.95. The van der Waals surface area contributed by atoms with Crippen molar-refractivity contribution in [2.24, 2.45) is 0 Å². The number of hydrogen-bond donors (Lipinski definition) is 1. The molecule has 0 atom stereocenters. The van der Waals surface area contributed by atoms with E-state index < -0.39 is 0 Å². The predicted octanol–water partition coefficient (Wildman–Crippen LogP) is 0.0868. The van der Waals surface area contributed by atoms with Crippen molar-refractivity contribution in [1.82, 2.24) is 5.32 Å². The number of hydrogen-bond acceptors (Lipinski definition) is 2. The molecule has 1 amide bonds. The fourth-order valence-corrected chi connectivity index (χ4v) is 0.867. The lowest BCUT2D eigenvalue weighted by Crippen LogP contribution is -2.45. The lowest BCUT2D eigenvalue weighted by atomic mass is 10.4. The van der Waals surface area contributed by atoms with E-state index in [1.807, 2.05) is 13.8 Å². The number of amides is 1. The van der Waals surface area contributed by atoms with Crippen molar-refractivity contribution in [2.45, 2.75) is 13.8 Å². The van der Waals surface area contributed by atoms with Gasteiger partial charge >= 0.3 is 0 Å². The van der Waals surface area contributed by atoms with Crippen molar-refractivity contribution < 1.29 is 9.44 Å². The second-order valence-corrected chi connectivity index (χ2v) is 2.49. The Kier molecular flexibility index (Phi) is 4.81. The van der Waals surface area contributed by atoms with Gasteiger partial charge in [0.05, 0.1) is 26.2 Å². The standard InChI is InChI=1S/C7H16N2O2/c1-3-9(11,4-2)6-5-8-7-10/h7H,3-6H2,1-2H3,(H,8,10). The minimum atomic E-state index is -0.221. The molecule has 0 saturated carbocycles. The van der Waals surface area contributed by atoms with Crippen molar-refractivity contribution in [3.05, 3.63) is 5.21 Å². The molecule has 0 aromatic heterocycles. The first-order chi connectivity index (χ1) is 5.18. The molecule has 0 rings (SSSR count). The van der Waals surface area contributed by atoms with Crippen LogP contribution in [0, 0.1) is 5.21 Å². The largest absolute Gasteiger partial charge is 0.633 e. The summed E-state index contributed by atoms with van der Waals surface area (Å²) >= 11 is 0. The molecule has 1 N–H and O–H groups in total. The number of nitrogens with one attached hydrogen (secondary N) is 1. The number of carbonyl (C=O) groups is 1. The maximum absolute atomic E-state index is 11.5. The molecule has 66 valence electrons. The highest BCUT2D eigenvalue weighted by atomic mass is 16.5. The highest BCUT2D eigenvalue weighted by Gasteiger charge is 2.09. The van der Waals surface area contributed by atoms with E-state index in [-0.39, 0.29) is 4.65 Å². The molecule has 0 bridgehead atoms. The van der Waals surface area contributed by atoms with Gasteiger partial charge in [0.15, 0.2) is 0 Å². The van der Waals surface area contributed by atoms with Crippen LogP contribution < -0.4 is 5.32 Å². The van der Waals surface area contributed by atoms with Gasteiger partial charge in [-0.25, -0.2) is 0 Å². The molecule has 0 aromatic carbocycles. The van der Waals surface area contributed by atoms with Gasteiger partial charge in [0.1, 0.15) is 0 Å². The molecule has 4 nitrogen and oxygen atoms in total. The van der Waals surface area contributed by atoms with Crippen molar-refractivity contribution in [3.8, 4) is 0 Å². The van der Waals surface area contributed by atoms with Crippen LogP contribution in [-0.4, -0.2) is 37.2 Å². The summed E-state index contributed by atoms with van der Waals surface area (Å²) in [5, 5.41) is 14.0. The van der Waals surface area contributed by atoms with Crippen LogP contribution in [0.15, 0.2) is 0 Å². The molecule has 0 spiro atoms. The smallest absolute Gasteiger partial charge is 0.207 e. The molecule has 11 heavy (non-hydrogen) atoms. The zero-order valence-electron chi connectivity index (χ0n) is 7.17. The molecule has 0 aliphatic carbocycles. The van der Waals surface area contributed by atoms with Crippen LogP contribution in [0.1, 0.15) is 13.8 Å². The quantitative estimate of drug-likeness (QED) is 0.259. The van der Waals surface area contributed by atoms with Gasteiger partial charge in [-0.3, -0.25) is 4.79 Å². The highest BCUT2D eigenvalue weighted by Crippen LogP contribution is 2.00. The third-order valence-electron chi connectivity index (χ3n) is 1.90. The fourth-order valence-electron chi connectivity index (χ4n) is 0.867. The Morgan fingerprint density at radius 3 is 2.36 bits per heavy atom. The van der Waals surface area contributed by atoms with Crippen molar-refractivity contribution in [1.29, 1.82) is 0 Å². The van der Waals surface area contributed by atoms with Gasteiger partial charge in [-0.05, 0) is 13.8 Å². The van der Waals surface area contributed by atoms with Crippen LogP contribution in [0.2, 0.25) is 0 Å². The van der Waals surface area contributed by atoms with Crippen LogP contribution >= 0.6 is 0 Å². The summed E-state index contributed by atoms with van der Waals surface area (Å²) in [6.07, 6.45) is 0.621. The van der Waals surface area contributed by atoms with Crippen LogP contribution in [0.25, 0.3) is 0 Å². The van der Waals surface area contributed by atoms with E-state index in [4.69, 9.17) is 0 Å². The Labute approximate surface area is 67.4 Å². The van der Waals surface area contributed by atoms with E-state index in [1.165, 1.54) is 0 Å². The van der Waals surface area contributed by atoms with Crippen LogP contribution in [0.4, 0.5) is 0 Å². The summed E-state index contributed by atoms with van der Waals surface area (Å²) in [5.74, 6) is 0. The number of carbonyl (C=O) groups excluding carboxylic acids is 1. The third-order valence-corrected chi connectivity index (χ3v) is 1.90. The molecule has 0 heterocycles. The molecule has 0 unspecified atom stereocenters. The number of hydroxylamine groups is 3. The van der Waals surface area contributed by atoms with Crippen molar-refractivity contribution >= 4 is 6.41 Å². The first-order valence-electron chi connectivity index (χ1n) is 3.92. The second-order valence-electron chi connectivity index (χ2n) is 2.49. The number of nitrogens with zero attached hydrogens (tertiary/aromatic N) is 1. The first-order valence-corrected chi connectivity index (χ1v) is 3.92. The van der Waals surface area contributed by atoms with Crippen molar-refractivity contribution in [2.75, 3.05) is 26.2 Å². The summed E-state index contributed by atoms with van der Waals surface area (Å²) < 4.78 is -0.221. The van der Waals surface area contributed by atoms with Gasteiger partial charge in [0.25, 0.3) is 0 Å². The molecule has 0 radical (unpaired) electrons. The number of likely N-dealkylation sites (N-methyl/N-ethyl adjacent to an activating group) is 1. The zero-order chi connectivity index (χ0) is 8.74. The van der Waals surface area contributed by atoms with Gasteiger partial charge in [-0.1, -0.05) is 0 Å². The Balaban J connectivity index is 3.59. The van der Waals surface area contributed by atoms with E-state index in [1.54, 1.807) is 0 Å². The van der Waals surface area contributed by atoms with Crippen LogP contribution in [-0.2, 0) is 4.79 Å². The molecule has 0 fully saturated rings. The van der Waals surface area contributed by atoms with Gasteiger partial charge in [0.2, 0.25) is 6.41 Å². The van der Waals surface area contributed by atoms with Gasteiger partial charge in [0, 0.05) is 0 Å². The summed E-state index contributed by atoms with van der Waals surface area (Å²) in [5.41, 5.74) is 0. The van der Waals surface area contributed by atoms with Gasteiger partial charge in [-0.2, -0.15) is 0 Å². The summed E-state index contributed by atoms with van der Waals surface area (Å²) in [6, 6.07) is 0. The molecule has 0 aromatic rings. The Hall–Kier alpha value is -0.610. The maximum atomic E-state index is 11.5. The normalized spacial score (nSPS) is 11.2. The first kappa shape index (κ1) is 10.4. The lowest BCUT2D eigenvalue weighted by Gasteiger charge is -2.40. The van der Waals surface area contributed by atoms with E-state index in [0.717, 1.165) is 0 Å². The molecular formula is C7H16N2O2. The van der Waals surface area contributed by atoms with Gasteiger partial charge < -0.3 is 15.2 Å². The molecule has 0 aliphatic heterocycles. The fraction of sp³-hybridized carbons (Fsp3) is 0.857. The Bertz CT molecular complexity index is 113. The van der Waals surface area contributed by atoms with Crippen LogP contribution in [0.3, 0.4) is 0 Å². The summed E-state index contributed by atoms with van der Waals surface area (Å²) in [7, 11) is 0.